The van der Waals surface area contributed by atoms with Gasteiger partial charge < -0.3 is 29.0 Å². The highest BCUT2D eigenvalue weighted by Gasteiger charge is 2.48. The van der Waals surface area contributed by atoms with Crippen LogP contribution in [0.15, 0.2) is 0 Å². The summed E-state index contributed by atoms with van der Waals surface area (Å²) in [5, 5.41) is 27.9. The summed E-state index contributed by atoms with van der Waals surface area (Å²) in [4.78, 5) is 40.6. The quantitative estimate of drug-likeness (QED) is 0.286. The van der Waals surface area contributed by atoms with Gasteiger partial charge in [-0.15, -0.1) is 20.2 Å². The fourth-order valence-electron chi connectivity index (χ4n) is 2.68. The predicted molar refractivity (Wildman–Crippen MR) is 74.0 cm³/mol. The molecule has 25 heavy (non-hydrogen) atoms. The van der Waals surface area contributed by atoms with E-state index in [9.17, 15) is 30.1 Å². The molecule has 0 spiro atoms. The molecule has 0 aromatic rings. The lowest BCUT2D eigenvalue weighted by molar-refractivity contribution is -0.790. The normalized spacial score (nSPS) is 28.8. The van der Waals surface area contributed by atoms with Crippen LogP contribution >= 0.6 is 0 Å². The van der Waals surface area contributed by atoms with E-state index in [4.69, 9.17) is 14.2 Å². The molecule has 2 rings (SSSR count). The van der Waals surface area contributed by atoms with Gasteiger partial charge in [0, 0.05) is 6.42 Å². The summed E-state index contributed by atoms with van der Waals surface area (Å²) in [6, 6.07) is 0. The molecule has 0 aromatic carbocycles. The van der Waals surface area contributed by atoms with Gasteiger partial charge in [-0.05, 0) is 12.8 Å². The highest BCUT2D eigenvalue weighted by Crippen LogP contribution is 2.29. The molecule has 1 N–H and O–H groups in total. The molecule has 0 amide bonds. The average Bonchev–Trinajstić information content (AvgIpc) is 3.08. The van der Waals surface area contributed by atoms with Crippen LogP contribution in [0.25, 0.3) is 0 Å². The number of aliphatic hydroxyl groups excluding tert-OH is 1. The van der Waals surface area contributed by atoms with Crippen molar-refractivity contribution in [1.82, 2.24) is 0 Å². The maximum atomic E-state index is 11.8. The second-order valence-corrected chi connectivity index (χ2v) is 5.55. The van der Waals surface area contributed by atoms with Crippen molar-refractivity contribution in [2.24, 2.45) is 0 Å². The Morgan fingerprint density at radius 3 is 2.60 bits per heavy atom. The average molecular weight is 366 g/mol. The van der Waals surface area contributed by atoms with Crippen molar-refractivity contribution in [2.45, 2.75) is 49.8 Å². The minimum atomic E-state index is -1.17. The van der Waals surface area contributed by atoms with Crippen molar-refractivity contribution in [1.29, 1.82) is 0 Å². The molecule has 0 aliphatic carbocycles. The molecule has 13 nitrogen and oxygen atoms in total. The van der Waals surface area contributed by atoms with E-state index in [-0.39, 0.29) is 32.5 Å². The second-order valence-electron chi connectivity index (χ2n) is 5.55. The lowest BCUT2D eigenvalue weighted by atomic mass is 10.1. The smallest absolute Gasteiger partial charge is 0.306 e. The summed E-state index contributed by atoms with van der Waals surface area (Å²) >= 11 is 0. The first-order valence-corrected chi connectivity index (χ1v) is 7.56. The molecule has 2 aliphatic rings. The summed E-state index contributed by atoms with van der Waals surface area (Å²) in [7, 11) is 0. The van der Waals surface area contributed by atoms with Crippen LogP contribution in [0, 0.1) is 20.2 Å². The fourth-order valence-corrected chi connectivity index (χ4v) is 2.68. The zero-order valence-electron chi connectivity index (χ0n) is 13.1. The van der Waals surface area contributed by atoms with Crippen LogP contribution in [0.5, 0.6) is 0 Å². The third kappa shape index (κ3) is 5.65. The number of nitrogens with zero attached hydrogens (tertiary/aromatic N) is 2. The number of hydrogen-bond acceptors (Lipinski definition) is 11. The number of rotatable bonds is 10. The van der Waals surface area contributed by atoms with Crippen LogP contribution in [-0.2, 0) is 28.7 Å². The van der Waals surface area contributed by atoms with Crippen LogP contribution in [0.1, 0.15) is 19.3 Å². The number of carbonyl (C=O) groups is 1. The first-order valence-electron chi connectivity index (χ1n) is 7.56. The van der Waals surface area contributed by atoms with E-state index >= 15 is 0 Å². The molecule has 13 heteroatoms. The van der Waals surface area contributed by atoms with E-state index < -0.39 is 53.3 Å². The minimum absolute atomic E-state index is 0.00759. The Balaban J connectivity index is 1.69. The van der Waals surface area contributed by atoms with Crippen molar-refractivity contribution >= 4 is 5.97 Å². The molecule has 2 heterocycles. The first kappa shape index (κ1) is 19.1. The van der Waals surface area contributed by atoms with E-state index in [0.29, 0.717) is 0 Å². The second kappa shape index (κ2) is 8.73. The van der Waals surface area contributed by atoms with Crippen molar-refractivity contribution in [3.8, 4) is 0 Å². The van der Waals surface area contributed by atoms with E-state index in [1.165, 1.54) is 0 Å². The largest absolute Gasteiger partial charge is 0.457 e. The molecule has 142 valence electrons. The zero-order valence-corrected chi connectivity index (χ0v) is 13.1. The molecule has 5 atom stereocenters. The fraction of sp³-hybridized carbons (Fsp3) is 0.917. The summed E-state index contributed by atoms with van der Waals surface area (Å²) < 4.78 is 15.9. The standard InChI is InChI=1S/C12H18N2O11/c15-8-5-21-12-9(6-22-11(8)12)24-10(16)3-1-2-7(25-14(19)20)4-23-13(17)18/h7-9,11-12,15H,1-6H2. The molecule has 2 aliphatic heterocycles. The monoisotopic (exact) mass is 366 g/mol. The Hall–Kier alpha value is -2.25. The number of hydrogen-bond donors (Lipinski definition) is 1. The Labute approximate surface area is 140 Å². The van der Waals surface area contributed by atoms with Gasteiger partial charge in [-0.1, -0.05) is 0 Å². The SMILES string of the molecule is O=C(CCCC(CO[N+](=O)[O-])O[N+](=O)[O-])OC1COC2C(O)COC12. The number of aliphatic hydroxyl groups is 1. The van der Waals surface area contributed by atoms with Gasteiger partial charge in [-0.25, -0.2) is 0 Å². The van der Waals surface area contributed by atoms with Gasteiger partial charge in [0.1, 0.15) is 31.0 Å². The van der Waals surface area contributed by atoms with Gasteiger partial charge in [-0.2, -0.15) is 0 Å². The van der Waals surface area contributed by atoms with Crippen LogP contribution in [0.2, 0.25) is 0 Å². The van der Waals surface area contributed by atoms with E-state index in [1.54, 1.807) is 0 Å². The van der Waals surface area contributed by atoms with E-state index in [1.807, 2.05) is 0 Å². The number of ether oxygens (including phenoxy) is 3. The number of esters is 1. The number of carbonyl (C=O) groups excluding carboxylic acids is 1. The van der Waals surface area contributed by atoms with Crippen LogP contribution in [0.3, 0.4) is 0 Å². The van der Waals surface area contributed by atoms with Gasteiger partial charge in [0.2, 0.25) is 0 Å². The topological polar surface area (TPSA) is 170 Å². The summed E-state index contributed by atoms with van der Waals surface area (Å²) in [5.74, 6) is -0.575. The summed E-state index contributed by atoms with van der Waals surface area (Å²) in [5.41, 5.74) is 0. The molecular weight excluding hydrogens is 348 g/mol. The van der Waals surface area contributed by atoms with Gasteiger partial charge >= 0.3 is 5.97 Å². The molecule has 0 bridgehead atoms. The molecule has 5 unspecified atom stereocenters. The predicted octanol–water partition coefficient (Wildman–Crippen LogP) is -0.988. The summed E-state index contributed by atoms with van der Waals surface area (Å²) in [6.07, 6.45) is -3.52. The van der Waals surface area contributed by atoms with Crippen molar-refractivity contribution in [3.63, 3.8) is 0 Å². The minimum Gasteiger partial charge on any atom is -0.457 e. The highest BCUT2D eigenvalue weighted by molar-refractivity contribution is 5.69. The third-order valence-corrected chi connectivity index (χ3v) is 3.77. The Morgan fingerprint density at radius 1 is 1.20 bits per heavy atom. The lowest BCUT2D eigenvalue weighted by Gasteiger charge is -2.17. The van der Waals surface area contributed by atoms with Gasteiger partial charge in [0.05, 0.1) is 13.2 Å². The van der Waals surface area contributed by atoms with Gasteiger partial charge in [0.15, 0.2) is 6.10 Å². The molecule has 2 saturated heterocycles. The molecule has 0 aromatic heterocycles. The molecular formula is C12H18N2O11. The van der Waals surface area contributed by atoms with Crippen LogP contribution in [0.4, 0.5) is 0 Å². The first-order chi connectivity index (χ1) is 11.9. The third-order valence-electron chi connectivity index (χ3n) is 3.77. The Kier molecular flexibility index (Phi) is 6.66. The highest BCUT2D eigenvalue weighted by atomic mass is 17.0. The van der Waals surface area contributed by atoms with Gasteiger partial charge in [-0.3, -0.25) is 4.79 Å². The molecule has 0 radical (unpaired) electrons. The van der Waals surface area contributed by atoms with Crippen molar-refractivity contribution < 1.29 is 44.0 Å². The van der Waals surface area contributed by atoms with Crippen LogP contribution in [-0.4, -0.2) is 71.6 Å². The Morgan fingerprint density at radius 2 is 1.92 bits per heavy atom. The Bertz CT molecular complexity index is 501. The van der Waals surface area contributed by atoms with Crippen molar-refractivity contribution in [3.05, 3.63) is 20.2 Å². The molecule has 0 saturated carbocycles. The zero-order chi connectivity index (χ0) is 18.4. The maximum Gasteiger partial charge on any atom is 0.306 e. The summed E-state index contributed by atoms with van der Waals surface area (Å²) in [6.45, 7) is -0.392. The molecule has 2 fully saturated rings. The van der Waals surface area contributed by atoms with Crippen molar-refractivity contribution in [2.75, 3.05) is 19.8 Å². The van der Waals surface area contributed by atoms with Gasteiger partial charge in [0.25, 0.3) is 10.2 Å². The van der Waals surface area contributed by atoms with Crippen LogP contribution < -0.4 is 0 Å². The maximum absolute atomic E-state index is 11.8. The lowest BCUT2D eigenvalue weighted by Crippen LogP contribution is -2.34. The number of fused-ring (bicyclic) bond motifs is 1. The van der Waals surface area contributed by atoms with E-state index in [0.717, 1.165) is 0 Å². The van der Waals surface area contributed by atoms with E-state index in [2.05, 4.69) is 9.68 Å².